The van der Waals surface area contributed by atoms with Crippen molar-refractivity contribution in [2.75, 3.05) is 38.3 Å². The summed E-state index contributed by atoms with van der Waals surface area (Å²) < 4.78 is 10.3. The SMILES string of the molecule is COC(=O)c1cc(N=Cc2ccc(Cl)cc2)ccc1N1CCOCC1. The van der Waals surface area contributed by atoms with Crippen LogP contribution in [0.2, 0.25) is 5.02 Å². The molecular formula is C19H19ClN2O3. The van der Waals surface area contributed by atoms with Gasteiger partial charge < -0.3 is 14.4 Å². The molecule has 0 unspecified atom stereocenters. The fourth-order valence-electron chi connectivity index (χ4n) is 2.66. The van der Waals surface area contributed by atoms with Crippen molar-refractivity contribution in [3.05, 3.63) is 58.6 Å². The molecule has 6 heteroatoms. The fourth-order valence-corrected chi connectivity index (χ4v) is 2.78. The molecular weight excluding hydrogens is 340 g/mol. The fraction of sp³-hybridized carbons (Fsp3) is 0.263. The summed E-state index contributed by atoms with van der Waals surface area (Å²) in [5.74, 6) is -0.370. The lowest BCUT2D eigenvalue weighted by molar-refractivity contribution is 0.0600. The Morgan fingerprint density at radius 2 is 1.92 bits per heavy atom. The molecule has 1 fully saturated rings. The van der Waals surface area contributed by atoms with Crippen LogP contribution in [0.5, 0.6) is 0 Å². The zero-order valence-electron chi connectivity index (χ0n) is 13.9. The highest BCUT2D eigenvalue weighted by atomic mass is 35.5. The summed E-state index contributed by atoms with van der Waals surface area (Å²) in [5, 5.41) is 0.681. The van der Waals surface area contributed by atoms with Crippen LogP contribution >= 0.6 is 11.6 Å². The second-order valence-corrected chi connectivity index (χ2v) is 6.04. The number of rotatable bonds is 4. The van der Waals surface area contributed by atoms with Gasteiger partial charge in [0.05, 0.1) is 37.3 Å². The Morgan fingerprint density at radius 1 is 1.20 bits per heavy atom. The van der Waals surface area contributed by atoms with E-state index < -0.39 is 0 Å². The van der Waals surface area contributed by atoms with E-state index in [9.17, 15) is 4.79 Å². The molecule has 0 atom stereocenters. The molecule has 2 aromatic rings. The van der Waals surface area contributed by atoms with Gasteiger partial charge in [0.25, 0.3) is 0 Å². The summed E-state index contributed by atoms with van der Waals surface area (Å²) in [4.78, 5) is 18.8. The van der Waals surface area contributed by atoms with Crippen LogP contribution in [0, 0.1) is 0 Å². The van der Waals surface area contributed by atoms with E-state index in [0.717, 1.165) is 24.3 Å². The minimum absolute atomic E-state index is 0.370. The molecule has 0 amide bonds. The molecule has 0 saturated carbocycles. The molecule has 0 radical (unpaired) electrons. The molecule has 0 aliphatic carbocycles. The third-order valence-electron chi connectivity index (χ3n) is 3.97. The molecule has 130 valence electrons. The normalized spacial score (nSPS) is 14.7. The number of morpholine rings is 1. The zero-order chi connectivity index (χ0) is 17.6. The van der Waals surface area contributed by atoms with Crippen LogP contribution in [0.3, 0.4) is 0 Å². The third kappa shape index (κ3) is 4.38. The summed E-state index contributed by atoms with van der Waals surface area (Å²) in [6.07, 6.45) is 1.74. The maximum absolute atomic E-state index is 12.2. The van der Waals surface area contributed by atoms with Crippen LogP contribution in [-0.4, -0.2) is 45.6 Å². The van der Waals surface area contributed by atoms with Crippen molar-refractivity contribution >= 4 is 35.2 Å². The number of carbonyl (C=O) groups is 1. The summed E-state index contributed by atoms with van der Waals surface area (Å²) in [5.41, 5.74) is 2.98. The van der Waals surface area contributed by atoms with Crippen molar-refractivity contribution < 1.29 is 14.3 Å². The molecule has 3 rings (SSSR count). The molecule has 1 aliphatic rings. The number of carbonyl (C=O) groups excluding carboxylic acids is 1. The first-order valence-electron chi connectivity index (χ1n) is 8.02. The highest BCUT2D eigenvalue weighted by molar-refractivity contribution is 6.30. The second-order valence-electron chi connectivity index (χ2n) is 5.60. The Bertz CT molecular complexity index is 769. The summed E-state index contributed by atoms with van der Waals surface area (Å²) in [6, 6.07) is 12.9. The Balaban J connectivity index is 1.88. The van der Waals surface area contributed by atoms with Crippen molar-refractivity contribution in [1.29, 1.82) is 0 Å². The lowest BCUT2D eigenvalue weighted by atomic mass is 10.1. The average molecular weight is 359 g/mol. The van der Waals surface area contributed by atoms with E-state index in [0.29, 0.717) is 29.5 Å². The van der Waals surface area contributed by atoms with Gasteiger partial charge >= 0.3 is 5.97 Å². The van der Waals surface area contributed by atoms with Gasteiger partial charge in [0, 0.05) is 24.3 Å². The van der Waals surface area contributed by atoms with Crippen LogP contribution in [0.25, 0.3) is 0 Å². The Labute approximate surface area is 151 Å². The smallest absolute Gasteiger partial charge is 0.340 e. The van der Waals surface area contributed by atoms with Crippen LogP contribution < -0.4 is 4.90 Å². The Kier molecular flexibility index (Phi) is 5.68. The van der Waals surface area contributed by atoms with E-state index in [4.69, 9.17) is 21.1 Å². The lowest BCUT2D eigenvalue weighted by Gasteiger charge is -2.30. The van der Waals surface area contributed by atoms with Gasteiger partial charge in [-0.3, -0.25) is 4.99 Å². The molecule has 0 aromatic heterocycles. The Morgan fingerprint density at radius 3 is 2.60 bits per heavy atom. The van der Waals surface area contributed by atoms with Gasteiger partial charge in [0.15, 0.2) is 0 Å². The Hall–Kier alpha value is -2.37. The first kappa shape index (κ1) is 17.5. The first-order chi connectivity index (χ1) is 12.2. The summed E-state index contributed by atoms with van der Waals surface area (Å²) in [7, 11) is 1.38. The minimum Gasteiger partial charge on any atom is -0.465 e. The molecule has 5 nitrogen and oxygen atoms in total. The topological polar surface area (TPSA) is 51.1 Å². The maximum Gasteiger partial charge on any atom is 0.340 e. The zero-order valence-corrected chi connectivity index (χ0v) is 14.7. The van der Waals surface area contributed by atoms with Crippen molar-refractivity contribution in [2.24, 2.45) is 4.99 Å². The largest absolute Gasteiger partial charge is 0.465 e. The summed E-state index contributed by atoms with van der Waals surface area (Å²) in [6.45, 7) is 2.79. The number of benzene rings is 2. The first-order valence-corrected chi connectivity index (χ1v) is 8.40. The standard InChI is InChI=1S/C19H19ClN2O3/c1-24-19(23)17-12-16(21-13-14-2-4-15(20)5-3-14)6-7-18(17)22-8-10-25-11-9-22/h2-7,12-13H,8-11H2,1H3. The highest BCUT2D eigenvalue weighted by Crippen LogP contribution is 2.27. The van der Waals surface area contributed by atoms with Crippen molar-refractivity contribution in [3.63, 3.8) is 0 Å². The number of esters is 1. The molecule has 2 aromatic carbocycles. The monoisotopic (exact) mass is 358 g/mol. The molecule has 25 heavy (non-hydrogen) atoms. The molecule has 1 heterocycles. The van der Waals surface area contributed by atoms with Gasteiger partial charge in [-0.2, -0.15) is 0 Å². The third-order valence-corrected chi connectivity index (χ3v) is 4.22. The molecule has 1 saturated heterocycles. The van der Waals surface area contributed by atoms with Gasteiger partial charge in [0.2, 0.25) is 0 Å². The molecule has 0 bridgehead atoms. The van der Waals surface area contributed by atoms with Crippen LogP contribution in [0.1, 0.15) is 15.9 Å². The van der Waals surface area contributed by atoms with Crippen molar-refractivity contribution in [3.8, 4) is 0 Å². The van der Waals surface area contributed by atoms with E-state index in [1.807, 2.05) is 36.4 Å². The van der Waals surface area contributed by atoms with Gasteiger partial charge in [-0.1, -0.05) is 23.7 Å². The number of halogens is 1. The highest BCUT2D eigenvalue weighted by Gasteiger charge is 2.19. The number of nitrogens with zero attached hydrogens (tertiary/aromatic N) is 2. The van der Waals surface area contributed by atoms with Crippen LogP contribution in [0.4, 0.5) is 11.4 Å². The number of anilines is 1. The van der Waals surface area contributed by atoms with E-state index in [2.05, 4.69) is 9.89 Å². The van der Waals surface area contributed by atoms with E-state index in [-0.39, 0.29) is 5.97 Å². The minimum atomic E-state index is -0.370. The van der Waals surface area contributed by atoms with Crippen LogP contribution in [0.15, 0.2) is 47.5 Å². The molecule has 0 N–H and O–H groups in total. The van der Waals surface area contributed by atoms with E-state index >= 15 is 0 Å². The quantitative estimate of drug-likeness (QED) is 0.617. The van der Waals surface area contributed by atoms with E-state index in [1.165, 1.54) is 7.11 Å². The number of methoxy groups -OCH3 is 1. The molecule has 1 aliphatic heterocycles. The number of ether oxygens (including phenoxy) is 2. The number of aliphatic imine (C=N–C) groups is 1. The maximum atomic E-state index is 12.2. The van der Waals surface area contributed by atoms with Crippen molar-refractivity contribution in [2.45, 2.75) is 0 Å². The van der Waals surface area contributed by atoms with Gasteiger partial charge in [-0.25, -0.2) is 4.79 Å². The predicted molar refractivity (Wildman–Crippen MR) is 99.5 cm³/mol. The number of hydrogen-bond donors (Lipinski definition) is 0. The van der Waals surface area contributed by atoms with Gasteiger partial charge in [-0.05, 0) is 35.9 Å². The van der Waals surface area contributed by atoms with Gasteiger partial charge in [-0.15, -0.1) is 0 Å². The predicted octanol–water partition coefficient (Wildman–Crippen LogP) is 3.71. The number of hydrogen-bond acceptors (Lipinski definition) is 5. The molecule has 0 spiro atoms. The second kappa shape index (κ2) is 8.14. The van der Waals surface area contributed by atoms with Crippen LogP contribution in [-0.2, 0) is 9.47 Å². The average Bonchev–Trinajstić information content (AvgIpc) is 2.67. The summed E-state index contributed by atoms with van der Waals surface area (Å²) >= 11 is 5.88. The lowest BCUT2D eigenvalue weighted by Crippen LogP contribution is -2.37. The van der Waals surface area contributed by atoms with Crippen molar-refractivity contribution in [1.82, 2.24) is 0 Å². The van der Waals surface area contributed by atoms with Gasteiger partial charge in [0.1, 0.15) is 0 Å². The van der Waals surface area contributed by atoms with E-state index in [1.54, 1.807) is 12.3 Å².